The fraction of sp³-hybridized carbons (Fsp3) is 0.316. The van der Waals surface area contributed by atoms with Gasteiger partial charge in [-0.2, -0.15) is 0 Å². The van der Waals surface area contributed by atoms with Crippen LogP contribution >= 0.6 is 0 Å². The Bertz CT molecular complexity index is 857. The number of carbonyl (C=O) groups excluding carboxylic acids is 1. The lowest BCUT2D eigenvalue weighted by atomic mass is 10.1. The van der Waals surface area contributed by atoms with Crippen molar-refractivity contribution in [2.45, 2.75) is 37.9 Å². The van der Waals surface area contributed by atoms with E-state index in [1.807, 2.05) is 6.07 Å². The summed E-state index contributed by atoms with van der Waals surface area (Å²) in [7, 11) is 0. The summed E-state index contributed by atoms with van der Waals surface area (Å²) in [5.41, 5.74) is 1.35. The third-order valence-corrected chi connectivity index (χ3v) is 4.70. The third kappa shape index (κ3) is 3.20. The van der Waals surface area contributed by atoms with Crippen LogP contribution in [0.15, 0.2) is 42.5 Å². The Morgan fingerprint density at radius 2 is 1.77 bits per heavy atom. The number of benzene rings is 2. The molecule has 1 spiro atoms. The summed E-state index contributed by atoms with van der Waals surface area (Å²) in [5.74, 6) is 0.637. The zero-order valence-electron chi connectivity index (χ0n) is 14.1. The van der Waals surface area contributed by atoms with E-state index in [1.165, 1.54) is 12.1 Å². The maximum atomic E-state index is 12.2. The number of rotatable bonds is 4. The molecule has 0 unspecified atom stereocenters. The number of nitrogens with one attached hydrogen (secondary N) is 1. The number of fused-ring (bicyclic) bond motifs is 1. The summed E-state index contributed by atoms with van der Waals surface area (Å²) in [6.45, 7) is 0. The summed E-state index contributed by atoms with van der Waals surface area (Å²) in [5, 5.41) is 13.5. The van der Waals surface area contributed by atoms with Crippen LogP contribution in [0.5, 0.6) is 11.5 Å². The molecule has 0 saturated heterocycles. The van der Waals surface area contributed by atoms with Crippen LogP contribution in [0.4, 0.5) is 11.4 Å². The monoisotopic (exact) mass is 354 g/mol. The van der Waals surface area contributed by atoms with Gasteiger partial charge in [0.15, 0.2) is 11.5 Å². The Kier molecular flexibility index (Phi) is 3.99. The minimum Gasteiger partial charge on any atom is -0.448 e. The second kappa shape index (κ2) is 6.33. The van der Waals surface area contributed by atoms with E-state index in [0.29, 0.717) is 22.7 Å². The van der Waals surface area contributed by atoms with Crippen molar-refractivity contribution in [3.8, 4) is 11.5 Å². The largest absolute Gasteiger partial charge is 0.448 e. The lowest BCUT2D eigenvalue weighted by Gasteiger charge is -2.21. The SMILES string of the molecule is O=C(Cc1ccc([N+](=O)[O-])cc1)Nc1ccc2c(c1)OC1(CCCC1)O2. The van der Waals surface area contributed by atoms with E-state index in [0.717, 1.165) is 25.7 Å². The minimum atomic E-state index is -0.524. The van der Waals surface area contributed by atoms with Crippen LogP contribution in [-0.4, -0.2) is 16.6 Å². The summed E-state index contributed by atoms with van der Waals surface area (Å²) in [6.07, 6.45) is 4.07. The minimum absolute atomic E-state index is 0.00534. The molecule has 2 aliphatic rings. The highest BCUT2D eigenvalue weighted by atomic mass is 16.7. The van der Waals surface area contributed by atoms with E-state index < -0.39 is 10.7 Å². The van der Waals surface area contributed by atoms with Crippen LogP contribution in [0, 0.1) is 10.1 Å². The Morgan fingerprint density at radius 1 is 1.08 bits per heavy atom. The summed E-state index contributed by atoms with van der Waals surface area (Å²) in [4.78, 5) is 22.4. The maximum Gasteiger partial charge on any atom is 0.269 e. The first-order chi connectivity index (χ1) is 12.5. The lowest BCUT2D eigenvalue weighted by Crippen LogP contribution is -2.34. The zero-order valence-corrected chi connectivity index (χ0v) is 14.1. The molecular weight excluding hydrogens is 336 g/mol. The van der Waals surface area contributed by atoms with Gasteiger partial charge in [0, 0.05) is 36.7 Å². The average molecular weight is 354 g/mol. The molecule has 2 aromatic carbocycles. The molecule has 26 heavy (non-hydrogen) atoms. The van der Waals surface area contributed by atoms with Crippen molar-refractivity contribution >= 4 is 17.3 Å². The van der Waals surface area contributed by atoms with Gasteiger partial charge in [-0.3, -0.25) is 14.9 Å². The van der Waals surface area contributed by atoms with Crippen molar-refractivity contribution in [1.82, 2.24) is 0 Å². The number of hydrogen-bond donors (Lipinski definition) is 1. The van der Waals surface area contributed by atoms with E-state index in [9.17, 15) is 14.9 Å². The van der Waals surface area contributed by atoms with Gasteiger partial charge in [0.05, 0.1) is 11.3 Å². The molecule has 0 aromatic heterocycles. The topological polar surface area (TPSA) is 90.7 Å². The number of carbonyl (C=O) groups is 1. The number of amides is 1. The van der Waals surface area contributed by atoms with Gasteiger partial charge >= 0.3 is 0 Å². The van der Waals surface area contributed by atoms with Crippen LogP contribution < -0.4 is 14.8 Å². The van der Waals surface area contributed by atoms with E-state index in [2.05, 4.69) is 5.32 Å². The van der Waals surface area contributed by atoms with E-state index in [1.54, 1.807) is 24.3 Å². The van der Waals surface area contributed by atoms with Crippen LogP contribution in [0.1, 0.15) is 31.2 Å². The Morgan fingerprint density at radius 3 is 2.46 bits per heavy atom. The van der Waals surface area contributed by atoms with Gasteiger partial charge < -0.3 is 14.8 Å². The van der Waals surface area contributed by atoms with Gasteiger partial charge in [-0.05, 0) is 30.5 Å². The van der Waals surface area contributed by atoms with Crippen molar-refractivity contribution in [2.24, 2.45) is 0 Å². The van der Waals surface area contributed by atoms with E-state index in [4.69, 9.17) is 9.47 Å². The van der Waals surface area contributed by atoms with Gasteiger partial charge in [0.25, 0.3) is 11.5 Å². The molecule has 134 valence electrons. The van der Waals surface area contributed by atoms with Gasteiger partial charge in [-0.1, -0.05) is 12.1 Å². The fourth-order valence-corrected chi connectivity index (χ4v) is 3.42. The number of non-ortho nitro benzene ring substituents is 1. The quantitative estimate of drug-likeness (QED) is 0.666. The molecule has 1 N–H and O–H groups in total. The third-order valence-electron chi connectivity index (χ3n) is 4.70. The predicted octanol–water partition coefficient (Wildman–Crippen LogP) is 3.82. The molecule has 2 aromatic rings. The molecule has 0 bridgehead atoms. The highest BCUT2D eigenvalue weighted by Crippen LogP contribution is 2.47. The number of nitro benzene ring substituents is 1. The predicted molar refractivity (Wildman–Crippen MR) is 94.3 cm³/mol. The molecule has 1 fully saturated rings. The molecule has 0 radical (unpaired) electrons. The molecule has 1 amide bonds. The molecule has 1 aliphatic heterocycles. The standard InChI is InChI=1S/C19H18N2O5/c22-18(11-13-3-6-15(7-4-13)21(23)24)20-14-5-8-16-17(12-14)26-19(25-16)9-1-2-10-19/h3-8,12H,1-2,9-11H2,(H,20,22). The van der Waals surface area contributed by atoms with Gasteiger partial charge in [0.2, 0.25) is 5.91 Å². The highest BCUT2D eigenvalue weighted by molar-refractivity contribution is 5.92. The van der Waals surface area contributed by atoms with Crippen molar-refractivity contribution in [3.05, 3.63) is 58.1 Å². The Balaban J connectivity index is 1.40. The van der Waals surface area contributed by atoms with Crippen LogP contribution in [0.3, 0.4) is 0 Å². The average Bonchev–Trinajstić information content (AvgIpc) is 3.21. The molecule has 7 nitrogen and oxygen atoms in total. The molecule has 7 heteroatoms. The summed E-state index contributed by atoms with van der Waals surface area (Å²) < 4.78 is 11.9. The van der Waals surface area contributed by atoms with Crippen LogP contribution in [0.25, 0.3) is 0 Å². The Hall–Kier alpha value is -3.09. The first-order valence-electron chi connectivity index (χ1n) is 8.58. The molecule has 1 aliphatic carbocycles. The first kappa shape index (κ1) is 16.4. The molecule has 4 rings (SSSR count). The van der Waals surface area contributed by atoms with Gasteiger partial charge in [-0.25, -0.2) is 0 Å². The van der Waals surface area contributed by atoms with Gasteiger partial charge in [0.1, 0.15) is 0 Å². The van der Waals surface area contributed by atoms with Crippen LogP contribution in [0.2, 0.25) is 0 Å². The van der Waals surface area contributed by atoms with E-state index in [-0.39, 0.29) is 18.0 Å². The summed E-state index contributed by atoms with van der Waals surface area (Å²) >= 11 is 0. The zero-order chi connectivity index (χ0) is 18.1. The number of anilines is 1. The van der Waals surface area contributed by atoms with Crippen molar-refractivity contribution < 1.29 is 19.2 Å². The van der Waals surface area contributed by atoms with Gasteiger partial charge in [-0.15, -0.1) is 0 Å². The first-order valence-corrected chi connectivity index (χ1v) is 8.58. The lowest BCUT2D eigenvalue weighted by molar-refractivity contribution is -0.384. The fourth-order valence-electron chi connectivity index (χ4n) is 3.42. The van der Waals surface area contributed by atoms with Crippen molar-refractivity contribution in [1.29, 1.82) is 0 Å². The normalized spacial score (nSPS) is 16.6. The molecule has 0 atom stereocenters. The smallest absolute Gasteiger partial charge is 0.269 e. The second-order valence-electron chi connectivity index (χ2n) is 6.63. The number of nitro groups is 1. The molecular formula is C19H18N2O5. The van der Waals surface area contributed by atoms with Crippen molar-refractivity contribution in [3.63, 3.8) is 0 Å². The van der Waals surface area contributed by atoms with E-state index >= 15 is 0 Å². The van der Waals surface area contributed by atoms with Crippen molar-refractivity contribution in [2.75, 3.05) is 5.32 Å². The second-order valence-corrected chi connectivity index (χ2v) is 6.63. The number of hydrogen-bond acceptors (Lipinski definition) is 5. The number of ether oxygens (including phenoxy) is 2. The van der Waals surface area contributed by atoms with Crippen LogP contribution in [-0.2, 0) is 11.2 Å². The maximum absolute atomic E-state index is 12.2. The summed E-state index contributed by atoms with van der Waals surface area (Å²) in [6, 6.07) is 11.3. The molecule has 1 saturated carbocycles. The Labute approximate surface area is 150 Å². The highest BCUT2D eigenvalue weighted by Gasteiger charge is 2.44. The molecule has 1 heterocycles. The number of nitrogens with zero attached hydrogens (tertiary/aromatic N) is 1.